The Kier molecular flexibility index (Phi) is 9.06. The van der Waals surface area contributed by atoms with Gasteiger partial charge in [-0.2, -0.15) is 25.3 Å². The molecule has 0 unspecified atom stereocenters. The molecular weight excluding hydrogens is 867 g/mol. The molecule has 14 rings (SSSR count). The lowest BCUT2D eigenvalue weighted by atomic mass is 9.66. The molecule has 2 aromatic heterocycles. The summed E-state index contributed by atoms with van der Waals surface area (Å²) >= 11 is 0. The van der Waals surface area contributed by atoms with Crippen LogP contribution in [0.25, 0.3) is 50.3 Å². The average Bonchev–Trinajstić information content (AvgIpc) is 3.94. The second-order valence-electron chi connectivity index (χ2n) is 18.2. The SMILES string of the molecule is c1ccc(C2(c3ccccc3-c3nc(N4c5ccccc5[Si-](c5ccccc5)(c5ccccc5)c5ccccc54)nc(-n4c5ccccc5c5ccccc54)n3)c3ccccc3-c3ccccc32)cc1. The van der Waals surface area contributed by atoms with E-state index in [4.69, 9.17) is 15.0 Å². The fraction of sp³-hybridized carbons (Fsp3) is 0.0156. The highest BCUT2D eigenvalue weighted by Gasteiger charge is 2.47. The first-order valence-electron chi connectivity index (χ1n) is 24.0. The summed E-state index contributed by atoms with van der Waals surface area (Å²) in [5.74, 6) is 1.68. The molecule has 0 saturated carbocycles. The Morgan fingerprint density at radius 2 is 0.729 bits per heavy atom. The van der Waals surface area contributed by atoms with E-state index in [1.807, 2.05) is 0 Å². The maximum atomic E-state index is 5.76. The summed E-state index contributed by atoms with van der Waals surface area (Å²) in [4.78, 5) is 19.4. The van der Waals surface area contributed by atoms with Crippen LogP contribution in [0.15, 0.2) is 261 Å². The second-order valence-corrected chi connectivity index (χ2v) is 22.0. The first kappa shape index (κ1) is 40.1. The van der Waals surface area contributed by atoms with Crippen LogP contribution in [0.4, 0.5) is 17.3 Å². The molecule has 3 heterocycles. The predicted molar refractivity (Wildman–Crippen MR) is 289 cm³/mol. The summed E-state index contributed by atoms with van der Waals surface area (Å²) in [6.45, 7) is 0. The van der Waals surface area contributed by atoms with Crippen LogP contribution in [0.5, 0.6) is 0 Å². The summed E-state index contributed by atoms with van der Waals surface area (Å²) in [5.41, 5.74) is 11.6. The number of aromatic nitrogens is 4. The molecule has 0 radical (unpaired) electrons. The Morgan fingerprint density at radius 3 is 1.27 bits per heavy atom. The summed E-state index contributed by atoms with van der Waals surface area (Å²) < 4.78 is 2.23. The van der Waals surface area contributed by atoms with Gasteiger partial charge in [0.2, 0.25) is 11.9 Å². The van der Waals surface area contributed by atoms with E-state index in [1.165, 1.54) is 48.6 Å². The Bertz CT molecular complexity index is 3790. The normalized spacial score (nSPS) is 13.9. The third kappa shape index (κ3) is 5.62. The van der Waals surface area contributed by atoms with Crippen molar-refractivity contribution in [2.45, 2.75) is 5.41 Å². The quantitative estimate of drug-likeness (QED) is 0.150. The van der Waals surface area contributed by atoms with E-state index in [2.05, 4.69) is 270 Å². The van der Waals surface area contributed by atoms with E-state index in [0.717, 1.165) is 44.3 Å². The highest BCUT2D eigenvalue weighted by atomic mass is 28.3. The fourth-order valence-corrected chi connectivity index (χ4v) is 17.2. The minimum Gasteiger partial charge on any atom is -0.285 e. The van der Waals surface area contributed by atoms with Crippen molar-refractivity contribution >= 4 is 67.9 Å². The lowest BCUT2D eigenvalue weighted by Crippen LogP contribution is -2.77. The van der Waals surface area contributed by atoms with Crippen molar-refractivity contribution in [2.24, 2.45) is 0 Å². The van der Waals surface area contributed by atoms with E-state index >= 15 is 0 Å². The van der Waals surface area contributed by atoms with Gasteiger partial charge in [0.1, 0.15) is 0 Å². The van der Waals surface area contributed by atoms with Crippen LogP contribution in [-0.2, 0) is 5.41 Å². The van der Waals surface area contributed by atoms with Crippen LogP contribution in [0, 0.1) is 0 Å². The Morgan fingerprint density at radius 1 is 0.329 bits per heavy atom. The van der Waals surface area contributed by atoms with Crippen molar-refractivity contribution in [1.82, 2.24) is 19.5 Å². The molecule has 0 bridgehead atoms. The molecule has 329 valence electrons. The maximum absolute atomic E-state index is 5.76. The van der Waals surface area contributed by atoms with Crippen molar-refractivity contribution in [3.8, 4) is 28.5 Å². The minimum atomic E-state index is -2.93. The lowest BCUT2D eigenvalue weighted by Gasteiger charge is -2.54. The number of fused-ring (bicyclic) bond motifs is 8. The molecule has 1 aliphatic heterocycles. The van der Waals surface area contributed by atoms with Gasteiger partial charge in [0, 0.05) is 27.7 Å². The molecular formula is C64H43N5Si-. The molecule has 0 atom stereocenters. The standard InChI is InChI=1S/C64H43N5Si/c1-4-24-44(25-5-1)64(52-35-15-10-30-47(52)48-31-11-16-36-53(48)64)54-37-17-12-34-51(54)61-65-62(68-55-38-18-13-32-49(55)50-33-14-19-39-56(50)68)67-63(66-61)69-57-40-20-22-42-59(57)70(45-26-6-2-7-27-45,46-28-8-3-9-29-46)60-43-23-21-41-58(60)69/h1-43H/q-1. The van der Waals surface area contributed by atoms with Gasteiger partial charge in [-0.1, -0.05) is 237 Å². The fourth-order valence-electron chi connectivity index (χ4n) is 12.1. The Hall–Kier alpha value is -8.97. The zero-order valence-corrected chi connectivity index (χ0v) is 39.1. The van der Waals surface area contributed by atoms with Gasteiger partial charge in [0.25, 0.3) is 0 Å². The Balaban J connectivity index is 1.10. The topological polar surface area (TPSA) is 46.8 Å². The first-order valence-corrected chi connectivity index (χ1v) is 26.0. The van der Waals surface area contributed by atoms with E-state index in [-0.39, 0.29) is 0 Å². The summed E-state index contributed by atoms with van der Waals surface area (Å²) in [6.07, 6.45) is 0. The van der Waals surface area contributed by atoms with E-state index in [0.29, 0.717) is 17.7 Å². The molecule has 5 nitrogen and oxygen atoms in total. The summed E-state index contributed by atoms with van der Waals surface area (Å²) in [6, 6.07) is 94.8. The number of para-hydroxylation sites is 4. The smallest absolute Gasteiger partial charge is 0.240 e. The number of benzene rings is 10. The zero-order chi connectivity index (χ0) is 46.2. The Labute approximate surface area is 407 Å². The van der Waals surface area contributed by atoms with Crippen LogP contribution in [0.2, 0.25) is 0 Å². The molecule has 0 N–H and O–H groups in total. The number of hydrogen-bond acceptors (Lipinski definition) is 4. The third-order valence-corrected chi connectivity index (χ3v) is 19.7. The molecule has 70 heavy (non-hydrogen) atoms. The molecule has 12 aromatic rings. The van der Waals surface area contributed by atoms with Crippen LogP contribution < -0.4 is 25.6 Å². The third-order valence-electron chi connectivity index (χ3n) is 14.8. The zero-order valence-electron chi connectivity index (χ0n) is 38.1. The highest BCUT2D eigenvalue weighted by molar-refractivity contribution is 7.21. The van der Waals surface area contributed by atoms with Gasteiger partial charge in [0.15, 0.2) is 5.82 Å². The van der Waals surface area contributed by atoms with Crippen molar-refractivity contribution in [3.05, 3.63) is 283 Å². The van der Waals surface area contributed by atoms with Crippen LogP contribution >= 0.6 is 0 Å². The van der Waals surface area contributed by atoms with Gasteiger partial charge < -0.3 is 0 Å². The highest BCUT2D eigenvalue weighted by Crippen LogP contribution is 2.57. The summed E-state index contributed by atoms with van der Waals surface area (Å²) in [7, 11) is -2.93. The minimum absolute atomic E-state index is 0.543. The lowest BCUT2D eigenvalue weighted by molar-refractivity contribution is 0.768. The van der Waals surface area contributed by atoms with Gasteiger partial charge in [-0.25, -0.2) is 0 Å². The number of rotatable bonds is 7. The monoisotopic (exact) mass is 909 g/mol. The largest absolute Gasteiger partial charge is 0.285 e. The van der Waals surface area contributed by atoms with Crippen LogP contribution in [-0.4, -0.2) is 27.6 Å². The van der Waals surface area contributed by atoms with Crippen molar-refractivity contribution in [2.75, 3.05) is 4.90 Å². The van der Waals surface area contributed by atoms with Crippen LogP contribution in [0.1, 0.15) is 22.3 Å². The summed E-state index contributed by atoms with van der Waals surface area (Å²) in [5, 5.41) is 7.46. The van der Waals surface area contributed by atoms with Crippen LogP contribution in [0.3, 0.4) is 0 Å². The molecule has 2 aliphatic rings. The van der Waals surface area contributed by atoms with E-state index in [9.17, 15) is 0 Å². The molecule has 1 aliphatic carbocycles. The number of hydrogen-bond donors (Lipinski definition) is 0. The van der Waals surface area contributed by atoms with Gasteiger partial charge in [-0.3, -0.25) is 9.47 Å². The second kappa shape index (κ2) is 15.8. The molecule has 0 amide bonds. The van der Waals surface area contributed by atoms with Gasteiger partial charge in [-0.05, 0) is 65.7 Å². The van der Waals surface area contributed by atoms with Gasteiger partial charge in [0.05, 0.1) is 16.4 Å². The average molecular weight is 910 g/mol. The van der Waals surface area contributed by atoms with Crippen molar-refractivity contribution in [3.63, 3.8) is 0 Å². The number of anilines is 3. The molecule has 0 saturated heterocycles. The predicted octanol–water partition coefficient (Wildman–Crippen LogP) is 12.2. The van der Waals surface area contributed by atoms with Crippen molar-refractivity contribution in [1.29, 1.82) is 0 Å². The van der Waals surface area contributed by atoms with Gasteiger partial charge in [-0.15, -0.1) is 10.4 Å². The molecule has 10 aromatic carbocycles. The van der Waals surface area contributed by atoms with Gasteiger partial charge >= 0.3 is 0 Å². The molecule has 0 fully saturated rings. The number of nitrogens with zero attached hydrogens (tertiary/aromatic N) is 5. The molecule has 0 spiro atoms. The molecule has 6 heteroatoms. The van der Waals surface area contributed by atoms with E-state index < -0.39 is 13.5 Å². The maximum Gasteiger partial charge on any atom is 0.240 e. The van der Waals surface area contributed by atoms with E-state index in [1.54, 1.807) is 0 Å². The van der Waals surface area contributed by atoms with Crippen molar-refractivity contribution < 1.29 is 0 Å². The first-order chi connectivity index (χ1) is 34.8.